The van der Waals surface area contributed by atoms with Gasteiger partial charge in [-0.2, -0.15) is 5.10 Å². The number of aromatic amines is 1. The maximum absolute atomic E-state index is 12.7. The summed E-state index contributed by atoms with van der Waals surface area (Å²) < 4.78 is 7.04. The topological polar surface area (TPSA) is 116 Å². The molecule has 5 aromatic rings. The molecule has 0 bridgehead atoms. The van der Waals surface area contributed by atoms with E-state index in [0.29, 0.717) is 22.5 Å². The summed E-state index contributed by atoms with van der Waals surface area (Å²) in [6, 6.07) is 14.1. The van der Waals surface area contributed by atoms with Crippen molar-refractivity contribution in [3.63, 3.8) is 0 Å². The molecule has 3 N–H and O–H groups in total. The molecule has 2 aliphatic heterocycles. The maximum atomic E-state index is 12.7. The molecule has 1 atom stereocenters. The second kappa shape index (κ2) is 11.7. The number of likely N-dealkylation sites (tertiary alicyclic amines) is 1. The summed E-state index contributed by atoms with van der Waals surface area (Å²) in [5.74, 6) is -0.656. The summed E-state index contributed by atoms with van der Waals surface area (Å²) in [7, 11) is 0. The van der Waals surface area contributed by atoms with Gasteiger partial charge in [0.1, 0.15) is 16.0 Å². The first-order valence-electron chi connectivity index (χ1n) is 15.5. The summed E-state index contributed by atoms with van der Waals surface area (Å²) in [5.41, 5.74) is 6.79. The first-order chi connectivity index (χ1) is 21.6. The largest absolute Gasteiger partial charge is 0.479 e. The molecule has 11 heteroatoms. The molecule has 0 aliphatic carbocycles. The average molecular weight is 645 g/mol. The van der Waals surface area contributed by atoms with Gasteiger partial charge in [0, 0.05) is 41.2 Å². The highest BCUT2D eigenvalue weighted by Crippen LogP contribution is 2.44. The highest BCUT2D eigenvalue weighted by Gasteiger charge is 2.33. The molecule has 2 saturated heterocycles. The molecule has 0 amide bonds. The van der Waals surface area contributed by atoms with Crippen LogP contribution in [0.4, 0.5) is 0 Å². The van der Waals surface area contributed by atoms with Gasteiger partial charge in [-0.15, -0.1) is 11.3 Å². The third kappa shape index (κ3) is 5.86. The number of hydrogen-bond acceptors (Lipinski definition) is 8. The monoisotopic (exact) mass is 644 g/mol. The number of rotatable bonds is 7. The van der Waals surface area contributed by atoms with Gasteiger partial charge in [-0.1, -0.05) is 23.7 Å². The second-order valence-electron chi connectivity index (χ2n) is 13.1. The number of pyridine rings is 1. The Morgan fingerprint density at radius 1 is 1.09 bits per heavy atom. The van der Waals surface area contributed by atoms with Gasteiger partial charge in [-0.3, -0.25) is 10.00 Å². The summed E-state index contributed by atoms with van der Waals surface area (Å²) >= 11 is 7.77. The van der Waals surface area contributed by atoms with E-state index in [0.717, 1.165) is 93.4 Å². The molecule has 45 heavy (non-hydrogen) atoms. The van der Waals surface area contributed by atoms with E-state index >= 15 is 0 Å². The molecule has 0 spiro atoms. The van der Waals surface area contributed by atoms with Crippen LogP contribution in [-0.2, 0) is 9.53 Å². The molecule has 5 heterocycles. The predicted octanol–water partition coefficient (Wildman–Crippen LogP) is 6.96. The number of carboxylic acids is 1. The van der Waals surface area contributed by atoms with Crippen molar-refractivity contribution in [3.05, 3.63) is 64.3 Å². The van der Waals surface area contributed by atoms with Crippen LogP contribution in [0.1, 0.15) is 62.5 Å². The number of benzene rings is 2. The van der Waals surface area contributed by atoms with Crippen LogP contribution in [0.15, 0.2) is 42.5 Å². The minimum Gasteiger partial charge on any atom is -0.479 e. The Bertz CT molecular complexity index is 1880. The van der Waals surface area contributed by atoms with Crippen molar-refractivity contribution in [2.45, 2.75) is 64.2 Å². The van der Waals surface area contributed by atoms with Crippen molar-refractivity contribution in [3.8, 4) is 21.8 Å². The second-order valence-corrected chi connectivity index (χ2v) is 14.6. The molecule has 2 aromatic carbocycles. The van der Waals surface area contributed by atoms with Crippen molar-refractivity contribution < 1.29 is 14.6 Å². The number of piperidine rings is 1. The lowest BCUT2D eigenvalue weighted by molar-refractivity contribution is -0.160. The van der Waals surface area contributed by atoms with Gasteiger partial charge in [0.05, 0.1) is 27.2 Å². The van der Waals surface area contributed by atoms with Crippen molar-refractivity contribution in [1.29, 1.82) is 0 Å². The molecule has 9 nitrogen and oxygen atoms in total. The van der Waals surface area contributed by atoms with Gasteiger partial charge in [-0.25, -0.2) is 14.8 Å². The fourth-order valence-electron chi connectivity index (χ4n) is 6.55. The third-order valence-electron chi connectivity index (χ3n) is 8.88. The Hall–Kier alpha value is -3.41. The van der Waals surface area contributed by atoms with Crippen LogP contribution in [0.2, 0.25) is 5.02 Å². The van der Waals surface area contributed by atoms with Gasteiger partial charge >= 0.3 is 5.97 Å². The van der Waals surface area contributed by atoms with Crippen molar-refractivity contribution >= 4 is 50.2 Å². The third-order valence-corrected chi connectivity index (χ3v) is 10.2. The van der Waals surface area contributed by atoms with Crippen LogP contribution in [0, 0.1) is 6.92 Å². The number of aliphatic carboxylic acids is 1. The number of hydrogen-bond donors (Lipinski definition) is 3. The number of fused-ring (bicyclic) bond motifs is 2. The SMILES string of the molecule is Cc1cc2nc(-c3ccc4n[nH]c(C5CCN(C6CNC6)CC5)c4n3)sc2c(-c2ccc(Cl)cc2)c1[C@H](OC(C)(C)C)C(=O)O. The summed E-state index contributed by atoms with van der Waals surface area (Å²) in [6.45, 7) is 11.9. The van der Waals surface area contributed by atoms with Gasteiger partial charge in [0.25, 0.3) is 0 Å². The Balaban J connectivity index is 1.31. The fraction of sp³-hybridized carbons (Fsp3) is 0.412. The molecule has 3 aromatic heterocycles. The van der Waals surface area contributed by atoms with E-state index in [1.807, 2.05) is 70.2 Å². The number of carbonyl (C=O) groups is 1. The average Bonchev–Trinajstić information content (AvgIpc) is 3.59. The van der Waals surface area contributed by atoms with E-state index in [2.05, 4.69) is 20.4 Å². The zero-order valence-corrected chi connectivity index (χ0v) is 27.4. The van der Waals surface area contributed by atoms with Crippen molar-refractivity contribution in [2.75, 3.05) is 26.2 Å². The van der Waals surface area contributed by atoms with E-state index < -0.39 is 17.7 Å². The maximum Gasteiger partial charge on any atom is 0.337 e. The van der Waals surface area contributed by atoms with Gasteiger partial charge in [0.2, 0.25) is 0 Å². The highest BCUT2D eigenvalue weighted by molar-refractivity contribution is 7.22. The minimum absolute atomic E-state index is 0.384. The number of nitrogens with one attached hydrogen (secondary N) is 2. The van der Waals surface area contributed by atoms with Crippen LogP contribution in [0.3, 0.4) is 0 Å². The lowest BCUT2D eigenvalue weighted by Crippen LogP contribution is -2.58. The number of thiazole rings is 1. The minimum atomic E-state index is -1.17. The van der Waals surface area contributed by atoms with Crippen LogP contribution in [0.25, 0.3) is 43.1 Å². The van der Waals surface area contributed by atoms with Crippen LogP contribution < -0.4 is 5.32 Å². The van der Waals surface area contributed by atoms with Gasteiger partial charge in [0.15, 0.2) is 6.10 Å². The molecule has 0 saturated carbocycles. The summed E-state index contributed by atoms with van der Waals surface area (Å²) in [4.78, 5) is 25.4. The number of aromatic nitrogens is 4. The Morgan fingerprint density at radius 2 is 1.82 bits per heavy atom. The molecule has 0 radical (unpaired) electrons. The summed E-state index contributed by atoms with van der Waals surface area (Å²) in [6.07, 6.45) is 0.990. The molecule has 0 unspecified atom stereocenters. The van der Waals surface area contributed by atoms with Crippen LogP contribution in [-0.4, -0.2) is 74.0 Å². The fourth-order valence-corrected chi connectivity index (χ4v) is 7.77. The first kappa shape index (κ1) is 30.3. The zero-order valence-electron chi connectivity index (χ0n) is 25.9. The normalized spacial score (nSPS) is 17.6. The molecule has 234 valence electrons. The van der Waals surface area contributed by atoms with Crippen molar-refractivity contribution in [2.24, 2.45) is 0 Å². The van der Waals surface area contributed by atoms with E-state index in [4.69, 9.17) is 26.3 Å². The van der Waals surface area contributed by atoms with E-state index in [9.17, 15) is 9.90 Å². The number of halogens is 1. The van der Waals surface area contributed by atoms with E-state index in [1.165, 1.54) is 11.3 Å². The molecular formula is C34H37ClN6O3S. The number of H-pyrrole nitrogens is 1. The number of ether oxygens (including phenoxy) is 1. The Kier molecular flexibility index (Phi) is 7.90. The molecule has 2 aliphatic rings. The van der Waals surface area contributed by atoms with Crippen LogP contribution in [0.5, 0.6) is 0 Å². The summed E-state index contributed by atoms with van der Waals surface area (Å²) in [5, 5.41) is 23.0. The standard InChI is InChI=1S/C34H37ClN6O3S/c1-18-15-25-31(27(19-5-7-21(35)8-6-19)26(18)30(33(42)43)44-34(2,3)4)45-32(38-25)24-10-9-23-29(37-24)28(40-39-23)20-11-13-41(14-12-20)22-16-36-17-22/h5-10,15,20,22,30,36H,11-14,16-17H2,1-4H3,(H,39,40)(H,42,43)/t30-/m0/s1. The molecule has 7 rings (SSSR count). The zero-order chi connectivity index (χ0) is 31.5. The van der Waals surface area contributed by atoms with Gasteiger partial charge in [-0.05, 0) is 95.1 Å². The quantitative estimate of drug-likeness (QED) is 0.174. The van der Waals surface area contributed by atoms with E-state index in [-0.39, 0.29) is 0 Å². The lowest BCUT2D eigenvalue weighted by Gasteiger charge is -2.42. The van der Waals surface area contributed by atoms with E-state index in [1.54, 1.807) is 0 Å². The van der Waals surface area contributed by atoms with Crippen LogP contribution >= 0.6 is 22.9 Å². The highest BCUT2D eigenvalue weighted by atomic mass is 35.5. The van der Waals surface area contributed by atoms with Gasteiger partial charge < -0.3 is 15.2 Å². The molecular weight excluding hydrogens is 608 g/mol. The first-order valence-corrected chi connectivity index (χ1v) is 16.7. The molecule has 2 fully saturated rings. The van der Waals surface area contributed by atoms with Crippen molar-refractivity contribution in [1.82, 2.24) is 30.4 Å². The number of carboxylic acid groups (broad SMARTS) is 1. The Labute approximate surface area is 271 Å². The Morgan fingerprint density at radius 3 is 2.47 bits per heavy atom. The smallest absolute Gasteiger partial charge is 0.337 e. The number of aryl methyl sites for hydroxylation is 1. The predicted molar refractivity (Wildman–Crippen MR) is 179 cm³/mol. The number of nitrogens with zero attached hydrogens (tertiary/aromatic N) is 4. The lowest BCUT2D eigenvalue weighted by atomic mass is 9.91.